The highest BCUT2D eigenvalue weighted by Crippen LogP contribution is 2.27. The van der Waals surface area contributed by atoms with E-state index in [1.54, 1.807) is 6.07 Å². The molecular weight excluding hydrogens is 398 g/mol. The van der Waals surface area contributed by atoms with Crippen LogP contribution in [0.2, 0.25) is 0 Å². The van der Waals surface area contributed by atoms with Crippen LogP contribution in [0.15, 0.2) is 60.7 Å². The molecule has 168 valence electrons. The molecule has 32 heavy (non-hydrogen) atoms. The van der Waals surface area contributed by atoms with E-state index in [0.29, 0.717) is 18.8 Å². The highest BCUT2D eigenvalue weighted by Gasteiger charge is 2.14. The molecule has 0 atom stereocenters. The van der Waals surface area contributed by atoms with Crippen molar-refractivity contribution in [3.8, 4) is 11.5 Å². The number of anilines is 1. The summed E-state index contributed by atoms with van der Waals surface area (Å²) in [6.07, 6.45) is 0. The number of aryl methyl sites for hydroxylation is 2. The number of carbonyl (C=O) groups is 1. The van der Waals surface area contributed by atoms with Crippen molar-refractivity contribution in [2.75, 3.05) is 11.9 Å². The smallest absolute Gasteiger partial charge is 0.255 e. The molecule has 0 aliphatic carbocycles. The summed E-state index contributed by atoms with van der Waals surface area (Å²) in [5.74, 6) is 1.35. The first-order valence-corrected chi connectivity index (χ1v) is 11.0. The van der Waals surface area contributed by atoms with Gasteiger partial charge in [-0.1, -0.05) is 39.0 Å². The number of ether oxygens (including phenoxy) is 2. The number of hydrogen-bond donors (Lipinski definition) is 1. The monoisotopic (exact) mass is 431 g/mol. The number of carbonyl (C=O) groups excluding carboxylic acids is 1. The molecule has 0 saturated carbocycles. The largest absolute Gasteiger partial charge is 0.493 e. The van der Waals surface area contributed by atoms with Gasteiger partial charge in [0.15, 0.2) is 0 Å². The second kappa shape index (κ2) is 9.90. The number of amides is 1. The minimum atomic E-state index is -0.158. The first-order chi connectivity index (χ1) is 15.2. The molecule has 0 aliphatic rings. The van der Waals surface area contributed by atoms with E-state index in [4.69, 9.17) is 9.47 Å². The van der Waals surface area contributed by atoms with Gasteiger partial charge in [0.1, 0.15) is 18.1 Å². The minimum absolute atomic E-state index is 0.0954. The van der Waals surface area contributed by atoms with Gasteiger partial charge in [0.05, 0.1) is 6.61 Å². The molecule has 0 aliphatic heterocycles. The van der Waals surface area contributed by atoms with Crippen LogP contribution in [0, 0.1) is 13.8 Å². The summed E-state index contributed by atoms with van der Waals surface area (Å²) in [5, 5.41) is 2.99. The Bertz CT molecular complexity index is 1060. The van der Waals surface area contributed by atoms with Crippen molar-refractivity contribution in [3.63, 3.8) is 0 Å². The summed E-state index contributed by atoms with van der Waals surface area (Å²) in [7, 11) is 0. The molecule has 0 radical (unpaired) electrons. The molecule has 0 fully saturated rings. The molecule has 4 heteroatoms. The molecule has 0 unspecified atom stereocenters. The summed E-state index contributed by atoms with van der Waals surface area (Å²) in [4.78, 5) is 12.9. The van der Waals surface area contributed by atoms with E-state index in [9.17, 15) is 4.79 Å². The lowest BCUT2D eigenvalue weighted by Gasteiger charge is -2.19. The second-order valence-corrected chi connectivity index (χ2v) is 9.15. The third-order valence-electron chi connectivity index (χ3n) is 5.22. The fraction of sp³-hybridized carbons (Fsp3) is 0.321. The lowest BCUT2D eigenvalue weighted by molar-refractivity contribution is 0.102. The predicted octanol–water partition coefficient (Wildman–Crippen LogP) is 6.83. The summed E-state index contributed by atoms with van der Waals surface area (Å²) in [6, 6.07) is 19.6. The van der Waals surface area contributed by atoms with Crippen molar-refractivity contribution in [3.05, 3.63) is 88.5 Å². The van der Waals surface area contributed by atoms with Crippen LogP contribution in [0.1, 0.15) is 60.3 Å². The van der Waals surface area contributed by atoms with Crippen LogP contribution in [-0.4, -0.2) is 12.5 Å². The van der Waals surface area contributed by atoms with Crippen LogP contribution in [0.4, 0.5) is 5.69 Å². The summed E-state index contributed by atoms with van der Waals surface area (Å²) >= 11 is 0. The Balaban J connectivity index is 1.77. The maximum atomic E-state index is 12.9. The van der Waals surface area contributed by atoms with Crippen LogP contribution >= 0.6 is 0 Å². The number of benzene rings is 3. The van der Waals surface area contributed by atoms with Gasteiger partial charge >= 0.3 is 0 Å². The lowest BCUT2D eigenvalue weighted by Crippen LogP contribution is -2.13. The topological polar surface area (TPSA) is 47.6 Å². The molecule has 4 nitrogen and oxygen atoms in total. The minimum Gasteiger partial charge on any atom is -0.493 e. The normalized spacial score (nSPS) is 11.2. The Labute approximate surface area is 191 Å². The summed E-state index contributed by atoms with van der Waals surface area (Å²) in [6.45, 7) is 13.4. The Morgan fingerprint density at radius 1 is 0.875 bits per heavy atom. The maximum Gasteiger partial charge on any atom is 0.255 e. The zero-order valence-electron chi connectivity index (χ0n) is 19.9. The van der Waals surface area contributed by atoms with Crippen molar-refractivity contribution in [1.82, 2.24) is 0 Å². The molecule has 0 aromatic heterocycles. The molecular formula is C28H33NO3. The van der Waals surface area contributed by atoms with E-state index in [2.05, 4.69) is 44.3 Å². The number of rotatable bonds is 7. The van der Waals surface area contributed by atoms with Crippen molar-refractivity contribution in [1.29, 1.82) is 0 Å². The molecule has 3 aromatic carbocycles. The first-order valence-electron chi connectivity index (χ1n) is 11.0. The van der Waals surface area contributed by atoms with Crippen molar-refractivity contribution >= 4 is 11.6 Å². The summed E-state index contributed by atoms with van der Waals surface area (Å²) < 4.78 is 11.8. The molecule has 0 spiro atoms. The molecule has 3 rings (SSSR count). The molecule has 0 bridgehead atoms. The van der Waals surface area contributed by atoms with Crippen molar-refractivity contribution in [2.24, 2.45) is 0 Å². The number of nitrogens with one attached hydrogen (secondary N) is 1. The average Bonchev–Trinajstić information content (AvgIpc) is 2.72. The predicted molar refractivity (Wildman–Crippen MR) is 131 cm³/mol. The van der Waals surface area contributed by atoms with Crippen molar-refractivity contribution in [2.45, 2.75) is 53.6 Å². The molecule has 1 N–H and O–H groups in total. The van der Waals surface area contributed by atoms with Gasteiger partial charge in [0.25, 0.3) is 5.91 Å². The molecule has 3 aromatic rings. The SMILES string of the molecule is CCOc1ccc(C(=O)Nc2cc(C)cc(C)c2)cc1COc1ccc(C(C)(C)C)cc1. The molecule has 0 saturated heterocycles. The highest BCUT2D eigenvalue weighted by molar-refractivity contribution is 6.04. The van der Waals surface area contributed by atoms with E-state index >= 15 is 0 Å². The molecule has 1 amide bonds. The third kappa shape index (κ3) is 6.13. The first kappa shape index (κ1) is 23.4. The van der Waals surface area contributed by atoms with Crippen LogP contribution in [0.25, 0.3) is 0 Å². The molecule has 0 heterocycles. The van der Waals surface area contributed by atoms with Gasteiger partial charge in [-0.05, 0) is 85.3 Å². The van der Waals surface area contributed by atoms with Gasteiger partial charge in [0.2, 0.25) is 0 Å². The van der Waals surface area contributed by atoms with Gasteiger partial charge in [-0.3, -0.25) is 4.79 Å². The number of hydrogen-bond acceptors (Lipinski definition) is 3. The zero-order valence-corrected chi connectivity index (χ0v) is 19.9. The van der Waals surface area contributed by atoms with E-state index in [1.165, 1.54) is 5.56 Å². The van der Waals surface area contributed by atoms with Gasteiger partial charge in [-0.2, -0.15) is 0 Å². The van der Waals surface area contributed by atoms with E-state index in [0.717, 1.165) is 33.9 Å². The Hall–Kier alpha value is -3.27. The van der Waals surface area contributed by atoms with Crippen LogP contribution in [-0.2, 0) is 12.0 Å². The van der Waals surface area contributed by atoms with Crippen LogP contribution in [0.3, 0.4) is 0 Å². The fourth-order valence-electron chi connectivity index (χ4n) is 3.59. The zero-order chi connectivity index (χ0) is 23.3. The fourth-order valence-corrected chi connectivity index (χ4v) is 3.59. The quantitative estimate of drug-likeness (QED) is 0.446. The van der Waals surface area contributed by atoms with Crippen LogP contribution in [0.5, 0.6) is 11.5 Å². The standard InChI is InChI=1S/C28H33NO3/c1-7-31-26-13-8-21(27(30)29-24-15-19(2)14-20(3)16-24)17-22(26)18-32-25-11-9-23(10-12-25)28(4,5)6/h8-17H,7,18H2,1-6H3,(H,29,30). The third-order valence-corrected chi connectivity index (χ3v) is 5.22. The van der Waals surface area contributed by atoms with Gasteiger partial charge in [-0.25, -0.2) is 0 Å². The maximum absolute atomic E-state index is 12.9. The van der Waals surface area contributed by atoms with E-state index < -0.39 is 0 Å². The van der Waals surface area contributed by atoms with Gasteiger partial charge < -0.3 is 14.8 Å². The Morgan fingerprint density at radius 2 is 1.53 bits per heavy atom. The average molecular weight is 432 g/mol. The summed E-state index contributed by atoms with van der Waals surface area (Å²) in [5.41, 5.74) is 5.76. The van der Waals surface area contributed by atoms with Gasteiger partial charge in [-0.15, -0.1) is 0 Å². The van der Waals surface area contributed by atoms with E-state index in [-0.39, 0.29) is 11.3 Å². The highest BCUT2D eigenvalue weighted by atomic mass is 16.5. The van der Waals surface area contributed by atoms with E-state index in [1.807, 2.05) is 57.2 Å². The second-order valence-electron chi connectivity index (χ2n) is 9.15. The van der Waals surface area contributed by atoms with Crippen molar-refractivity contribution < 1.29 is 14.3 Å². The lowest BCUT2D eigenvalue weighted by atomic mass is 9.87. The Kier molecular flexibility index (Phi) is 7.24. The van der Waals surface area contributed by atoms with Crippen LogP contribution < -0.4 is 14.8 Å². The Morgan fingerprint density at radius 3 is 2.12 bits per heavy atom. The van der Waals surface area contributed by atoms with Gasteiger partial charge in [0, 0.05) is 16.8 Å².